The zero-order chi connectivity index (χ0) is 14.2. The minimum Gasteiger partial charge on any atom is -0.398 e. The number of primary amides is 1. The van der Waals surface area contributed by atoms with E-state index in [4.69, 9.17) is 11.5 Å². The van der Waals surface area contributed by atoms with Crippen molar-refractivity contribution in [2.24, 2.45) is 5.73 Å². The molecule has 1 aromatic rings. The molecule has 0 spiro atoms. The lowest BCUT2D eigenvalue weighted by Crippen LogP contribution is -2.43. The summed E-state index contributed by atoms with van der Waals surface area (Å²) in [5.41, 5.74) is 11.3. The van der Waals surface area contributed by atoms with Crippen LogP contribution in [0.25, 0.3) is 0 Å². The van der Waals surface area contributed by atoms with Crippen LogP contribution in [0.15, 0.2) is 27.6 Å². The molecular formula is C11H14BrN3O3S. The van der Waals surface area contributed by atoms with E-state index in [9.17, 15) is 13.2 Å². The second-order valence-corrected chi connectivity index (χ2v) is 7.10. The van der Waals surface area contributed by atoms with E-state index in [1.807, 2.05) is 0 Å². The zero-order valence-electron chi connectivity index (χ0n) is 10.0. The van der Waals surface area contributed by atoms with Crippen molar-refractivity contribution in [3.05, 3.63) is 22.7 Å². The molecule has 1 aliphatic rings. The number of anilines is 1. The maximum atomic E-state index is 12.5. The van der Waals surface area contributed by atoms with Crippen LogP contribution in [0.1, 0.15) is 12.8 Å². The molecule has 1 amide bonds. The number of carbonyl (C=O) groups excluding carboxylic acids is 1. The molecule has 0 radical (unpaired) electrons. The molecule has 1 aliphatic heterocycles. The number of hydrogen-bond acceptors (Lipinski definition) is 4. The Hall–Kier alpha value is -1.12. The van der Waals surface area contributed by atoms with Gasteiger partial charge in [0.25, 0.3) is 0 Å². The third-order valence-corrected chi connectivity index (χ3v) is 5.73. The van der Waals surface area contributed by atoms with Crippen molar-refractivity contribution >= 4 is 37.5 Å². The first-order valence-electron chi connectivity index (χ1n) is 5.70. The number of sulfonamides is 1. The van der Waals surface area contributed by atoms with Gasteiger partial charge in [-0.05, 0) is 47.0 Å². The van der Waals surface area contributed by atoms with E-state index in [2.05, 4.69) is 15.9 Å². The molecule has 1 heterocycles. The topological polar surface area (TPSA) is 106 Å². The Labute approximate surface area is 119 Å². The minimum atomic E-state index is -3.74. The van der Waals surface area contributed by atoms with Crippen molar-refractivity contribution in [1.29, 1.82) is 0 Å². The third kappa shape index (κ3) is 2.60. The van der Waals surface area contributed by atoms with Gasteiger partial charge in [0.15, 0.2) is 0 Å². The normalized spacial score (nSPS) is 20.6. The molecule has 1 aromatic carbocycles. The Morgan fingerprint density at radius 3 is 2.68 bits per heavy atom. The van der Waals surface area contributed by atoms with E-state index < -0.39 is 22.0 Å². The van der Waals surface area contributed by atoms with Gasteiger partial charge in [0.1, 0.15) is 6.04 Å². The largest absolute Gasteiger partial charge is 0.398 e. The number of carbonyl (C=O) groups is 1. The summed E-state index contributed by atoms with van der Waals surface area (Å²) in [4.78, 5) is 11.4. The molecule has 1 fully saturated rings. The van der Waals surface area contributed by atoms with E-state index in [-0.39, 0.29) is 4.90 Å². The van der Waals surface area contributed by atoms with Crippen LogP contribution in [0.2, 0.25) is 0 Å². The second kappa shape index (κ2) is 5.10. The fourth-order valence-electron chi connectivity index (χ4n) is 2.13. The average Bonchev–Trinajstić information content (AvgIpc) is 2.82. The van der Waals surface area contributed by atoms with Crippen molar-refractivity contribution in [2.75, 3.05) is 12.3 Å². The lowest BCUT2D eigenvalue weighted by molar-refractivity contribution is -0.121. The smallest absolute Gasteiger partial charge is 0.243 e. The van der Waals surface area contributed by atoms with Crippen molar-refractivity contribution in [3.63, 3.8) is 0 Å². The number of halogens is 1. The molecule has 0 aromatic heterocycles. The summed E-state index contributed by atoms with van der Waals surface area (Å²) in [5, 5.41) is 0. The molecule has 104 valence electrons. The van der Waals surface area contributed by atoms with Crippen LogP contribution >= 0.6 is 15.9 Å². The standard InChI is InChI=1S/C11H14BrN3O3S/c12-8-4-3-7(6-9(8)13)19(17,18)15-5-1-2-10(15)11(14)16/h3-4,6,10H,1-2,5,13H2,(H2,14,16). The van der Waals surface area contributed by atoms with Gasteiger partial charge in [-0.15, -0.1) is 0 Å². The molecule has 4 N–H and O–H groups in total. The maximum absolute atomic E-state index is 12.5. The monoisotopic (exact) mass is 347 g/mol. The van der Waals surface area contributed by atoms with Crippen molar-refractivity contribution in [3.8, 4) is 0 Å². The lowest BCUT2D eigenvalue weighted by atomic mass is 10.2. The van der Waals surface area contributed by atoms with Crippen LogP contribution < -0.4 is 11.5 Å². The first kappa shape index (κ1) is 14.3. The van der Waals surface area contributed by atoms with Gasteiger partial charge in [-0.1, -0.05) is 0 Å². The number of hydrogen-bond donors (Lipinski definition) is 2. The first-order chi connectivity index (χ1) is 8.84. The van der Waals surface area contributed by atoms with Crippen molar-refractivity contribution in [2.45, 2.75) is 23.8 Å². The number of benzene rings is 1. The molecule has 0 saturated carbocycles. The Morgan fingerprint density at radius 2 is 2.11 bits per heavy atom. The van der Waals surface area contributed by atoms with Crippen LogP contribution in [0.5, 0.6) is 0 Å². The molecule has 6 nitrogen and oxygen atoms in total. The highest BCUT2D eigenvalue weighted by atomic mass is 79.9. The van der Waals surface area contributed by atoms with E-state index in [0.29, 0.717) is 29.5 Å². The van der Waals surface area contributed by atoms with Gasteiger partial charge in [0, 0.05) is 16.7 Å². The Bertz CT molecular complexity index is 618. The summed E-state index contributed by atoms with van der Waals surface area (Å²) < 4.78 is 26.7. The molecule has 19 heavy (non-hydrogen) atoms. The highest BCUT2D eigenvalue weighted by Crippen LogP contribution is 2.29. The number of nitrogens with two attached hydrogens (primary N) is 2. The maximum Gasteiger partial charge on any atom is 0.243 e. The van der Waals surface area contributed by atoms with E-state index >= 15 is 0 Å². The molecule has 1 unspecified atom stereocenters. The number of nitrogens with zero attached hydrogens (tertiary/aromatic N) is 1. The predicted octanol–water partition coefficient (Wildman–Crippen LogP) is 0.670. The lowest BCUT2D eigenvalue weighted by Gasteiger charge is -2.21. The molecule has 8 heteroatoms. The van der Waals surface area contributed by atoms with E-state index in [1.165, 1.54) is 12.1 Å². The van der Waals surface area contributed by atoms with Crippen LogP contribution in [-0.4, -0.2) is 31.2 Å². The summed E-state index contributed by atoms with van der Waals surface area (Å²) in [7, 11) is -3.74. The minimum absolute atomic E-state index is 0.0707. The average molecular weight is 348 g/mol. The Balaban J connectivity index is 2.42. The second-order valence-electron chi connectivity index (χ2n) is 4.36. The highest BCUT2D eigenvalue weighted by molar-refractivity contribution is 9.10. The quantitative estimate of drug-likeness (QED) is 0.783. The Kier molecular flexibility index (Phi) is 3.84. The Morgan fingerprint density at radius 1 is 1.42 bits per heavy atom. The van der Waals surface area contributed by atoms with Crippen molar-refractivity contribution < 1.29 is 13.2 Å². The fraction of sp³-hybridized carbons (Fsp3) is 0.364. The molecule has 0 bridgehead atoms. The summed E-state index contributed by atoms with van der Waals surface area (Å²) in [6.07, 6.45) is 1.08. The van der Waals surface area contributed by atoms with Crippen LogP contribution in [0.3, 0.4) is 0 Å². The zero-order valence-corrected chi connectivity index (χ0v) is 12.4. The first-order valence-corrected chi connectivity index (χ1v) is 7.93. The molecule has 0 aliphatic carbocycles. The summed E-state index contributed by atoms with van der Waals surface area (Å²) in [5.74, 6) is -0.619. The SMILES string of the molecule is NC(=O)C1CCCN1S(=O)(=O)c1ccc(Br)c(N)c1. The van der Waals surface area contributed by atoms with Gasteiger partial charge in [0.05, 0.1) is 4.90 Å². The van der Waals surface area contributed by atoms with Crippen molar-refractivity contribution in [1.82, 2.24) is 4.31 Å². The van der Waals surface area contributed by atoms with Gasteiger partial charge >= 0.3 is 0 Å². The highest BCUT2D eigenvalue weighted by Gasteiger charge is 2.38. The van der Waals surface area contributed by atoms with Gasteiger partial charge in [-0.2, -0.15) is 4.31 Å². The van der Waals surface area contributed by atoms with Gasteiger partial charge in [-0.3, -0.25) is 4.79 Å². The molecule has 1 atom stereocenters. The number of rotatable bonds is 3. The fourth-order valence-corrected chi connectivity index (χ4v) is 4.08. The predicted molar refractivity (Wildman–Crippen MR) is 74.7 cm³/mol. The summed E-state index contributed by atoms with van der Waals surface area (Å²) >= 11 is 3.21. The number of nitrogen functional groups attached to an aromatic ring is 1. The third-order valence-electron chi connectivity index (χ3n) is 3.11. The van der Waals surface area contributed by atoms with Crippen LogP contribution in [-0.2, 0) is 14.8 Å². The van der Waals surface area contributed by atoms with Gasteiger partial charge in [-0.25, -0.2) is 8.42 Å². The van der Waals surface area contributed by atoms with Crippen LogP contribution in [0.4, 0.5) is 5.69 Å². The molecule has 1 saturated heterocycles. The summed E-state index contributed by atoms with van der Waals surface area (Å²) in [6, 6.07) is 3.62. The van der Waals surface area contributed by atoms with E-state index in [1.54, 1.807) is 6.07 Å². The molecule has 2 rings (SSSR count). The number of amides is 1. The summed E-state index contributed by atoms with van der Waals surface area (Å²) in [6.45, 7) is 0.298. The van der Waals surface area contributed by atoms with E-state index in [0.717, 1.165) is 4.31 Å². The molecular weight excluding hydrogens is 334 g/mol. The van der Waals surface area contributed by atoms with Gasteiger partial charge < -0.3 is 11.5 Å². The van der Waals surface area contributed by atoms with Crippen LogP contribution in [0, 0.1) is 0 Å². The van der Waals surface area contributed by atoms with Gasteiger partial charge in [0.2, 0.25) is 15.9 Å².